The first-order valence-electron chi connectivity index (χ1n) is 9.85. The molecule has 8 heteroatoms. The highest BCUT2D eigenvalue weighted by Crippen LogP contribution is 2.24. The second-order valence-corrected chi connectivity index (χ2v) is 8.15. The Morgan fingerprint density at radius 3 is 2.68 bits per heavy atom. The number of hydrogen-bond acceptors (Lipinski definition) is 6. The van der Waals surface area contributed by atoms with Crippen LogP contribution >= 0.6 is 11.8 Å². The number of nitrogens with one attached hydrogen (secondary N) is 1. The number of carbonyl (C=O) groups is 1. The molecule has 0 saturated carbocycles. The normalized spacial score (nSPS) is 10.9. The molecule has 2 aromatic carbocycles. The number of benzene rings is 2. The average molecular weight is 434 g/mol. The predicted octanol–water partition coefficient (Wildman–Crippen LogP) is 4.29. The molecule has 158 valence electrons. The fourth-order valence-electron chi connectivity index (χ4n) is 3.06. The summed E-state index contributed by atoms with van der Waals surface area (Å²) in [5.41, 5.74) is 4.58. The van der Waals surface area contributed by atoms with Crippen LogP contribution < -0.4 is 10.1 Å². The minimum Gasteiger partial charge on any atom is -0.484 e. The Morgan fingerprint density at radius 2 is 1.90 bits per heavy atom. The van der Waals surface area contributed by atoms with Crippen LogP contribution in [0, 0.1) is 13.8 Å². The SMILES string of the molecule is Cc1ccc(OCC(=O)Nc2ccc3c(c2)nc(CSc2nccc(C)n2)n3C)cc1. The summed E-state index contributed by atoms with van der Waals surface area (Å²) in [5.74, 6) is 2.01. The highest BCUT2D eigenvalue weighted by atomic mass is 32.2. The van der Waals surface area contributed by atoms with Gasteiger partial charge < -0.3 is 14.6 Å². The minimum atomic E-state index is -0.219. The van der Waals surface area contributed by atoms with Crippen molar-refractivity contribution in [3.8, 4) is 5.75 Å². The highest BCUT2D eigenvalue weighted by Gasteiger charge is 2.11. The fourth-order valence-corrected chi connectivity index (χ4v) is 3.92. The third-order valence-electron chi connectivity index (χ3n) is 4.75. The summed E-state index contributed by atoms with van der Waals surface area (Å²) in [7, 11) is 1.98. The van der Waals surface area contributed by atoms with E-state index in [9.17, 15) is 4.79 Å². The van der Waals surface area contributed by atoms with Crippen molar-refractivity contribution >= 4 is 34.4 Å². The van der Waals surface area contributed by atoms with Crippen molar-refractivity contribution in [3.63, 3.8) is 0 Å². The number of amides is 1. The van der Waals surface area contributed by atoms with E-state index in [0.29, 0.717) is 17.2 Å². The number of imidazole rings is 1. The second kappa shape index (κ2) is 9.18. The molecular formula is C23H23N5O2S. The smallest absolute Gasteiger partial charge is 0.262 e. The first-order valence-corrected chi connectivity index (χ1v) is 10.8. The number of thioether (sulfide) groups is 1. The van der Waals surface area contributed by atoms with E-state index in [-0.39, 0.29) is 12.5 Å². The van der Waals surface area contributed by atoms with Gasteiger partial charge in [-0.05, 0) is 50.2 Å². The summed E-state index contributed by atoms with van der Waals surface area (Å²) in [6.45, 7) is 3.90. The van der Waals surface area contributed by atoms with E-state index < -0.39 is 0 Å². The van der Waals surface area contributed by atoms with Crippen molar-refractivity contribution in [2.24, 2.45) is 7.05 Å². The second-order valence-electron chi connectivity index (χ2n) is 7.21. The van der Waals surface area contributed by atoms with Gasteiger partial charge in [0.1, 0.15) is 11.6 Å². The van der Waals surface area contributed by atoms with Crippen LogP contribution in [-0.4, -0.2) is 32.0 Å². The molecule has 4 rings (SSSR count). The number of carbonyl (C=O) groups excluding carboxylic acids is 1. The molecule has 0 spiro atoms. The van der Waals surface area contributed by atoms with Crippen molar-refractivity contribution in [1.29, 1.82) is 0 Å². The van der Waals surface area contributed by atoms with Crippen LogP contribution in [0.4, 0.5) is 5.69 Å². The van der Waals surface area contributed by atoms with Crippen LogP contribution in [0.3, 0.4) is 0 Å². The molecule has 1 N–H and O–H groups in total. The minimum absolute atomic E-state index is 0.0539. The Kier molecular flexibility index (Phi) is 6.18. The molecule has 0 bridgehead atoms. The Labute approximate surface area is 184 Å². The molecule has 4 aromatic rings. The van der Waals surface area contributed by atoms with E-state index in [0.717, 1.165) is 33.3 Å². The zero-order valence-electron chi connectivity index (χ0n) is 17.6. The van der Waals surface area contributed by atoms with E-state index >= 15 is 0 Å². The third kappa shape index (κ3) is 5.21. The van der Waals surface area contributed by atoms with Crippen LogP contribution in [0.2, 0.25) is 0 Å². The molecule has 1 amide bonds. The topological polar surface area (TPSA) is 81.9 Å². The van der Waals surface area contributed by atoms with Crippen LogP contribution in [0.25, 0.3) is 11.0 Å². The van der Waals surface area contributed by atoms with E-state index in [1.807, 2.05) is 74.0 Å². The number of nitrogens with zero attached hydrogens (tertiary/aromatic N) is 4. The van der Waals surface area contributed by atoms with Crippen molar-refractivity contribution in [2.75, 3.05) is 11.9 Å². The number of rotatable bonds is 7. The third-order valence-corrected chi connectivity index (χ3v) is 5.61. The molecule has 7 nitrogen and oxygen atoms in total. The summed E-state index contributed by atoms with van der Waals surface area (Å²) in [6.07, 6.45) is 1.76. The highest BCUT2D eigenvalue weighted by molar-refractivity contribution is 7.98. The number of anilines is 1. The van der Waals surface area contributed by atoms with Gasteiger partial charge in [0.2, 0.25) is 0 Å². The lowest BCUT2D eigenvalue weighted by atomic mass is 10.2. The van der Waals surface area contributed by atoms with Gasteiger partial charge in [0.05, 0.1) is 16.8 Å². The van der Waals surface area contributed by atoms with E-state index in [4.69, 9.17) is 9.72 Å². The predicted molar refractivity (Wildman–Crippen MR) is 122 cm³/mol. The zero-order chi connectivity index (χ0) is 21.8. The molecule has 0 saturated heterocycles. The van der Waals surface area contributed by atoms with Crippen molar-refractivity contribution in [3.05, 3.63) is 71.8 Å². The summed E-state index contributed by atoms with van der Waals surface area (Å²) in [5, 5.41) is 3.60. The van der Waals surface area contributed by atoms with Gasteiger partial charge in [-0.2, -0.15) is 0 Å². The summed E-state index contributed by atoms with van der Waals surface area (Å²) >= 11 is 1.55. The van der Waals surface area contributed by atoms with Gasteiger partial charge in [-0.3, -0.25) is 4.79 Å². The maximum absolute atomic E-state index is 12.3. The molecular weight excluding hydrogens is 410 g/mol. The van der Waals surface area contributed by atoms with Crippen LogP contribution in [0.5, 0.6) is 5.75 Å². The molecule has 2 aromatic heterocycles. The van der Waals surface area contributed by atoms with Gasteiger partial charge in [0.15, 0.2) is 11.8 Å². The summed E-state index contributed by atoms with van der Waals surface area (Å²) < 4.78 is 7.59. The Morgan fingerprint density at radius 1 is 1.10 bits per heavy atom. The first kappa shape index (κ1) is 20.9. The van der Waals surface area contributed by atoms with E-state index in [2.05, 4.69) is 15.3 Å². The fraction of sp³-hybridized carbons (Fsp3) is 0.217. The largest absolute Gasteiger partial charge is 0.484 e. The maximum Gasteiger partial charge on any atom is 0.262 e. The van der Waals surface area contributed by atoms with Gasteiger partial charge in [-0.25, -0.2) is 15.0 Å². The van der Waals surface area contributed by atoms with Gasteiger partial charge in [0.25, 0.3) is 5.91 Å². The Balaban J connectivity index is 1.40. The van der Waals surface area contributed by atoms with Crippen LogP contribution in [0.15, 0.2) is 59.9 Å². The standard InChI is InChI=1S/C23H23N5O2S/c1-15-4-7-18(8-5-15)30-13-22(29)26-17-6-9-20-19(12-17)27-21(28(20)3)14-31-23-24-11-10-16(2)25-23/h4-12H,13-14H2,1-3H3,(H,26,29). The van der Waals surface area contributed by atoms with E-state index in [1.54, 1.807) is 18.0 Å². The zero-order valence-corrected chi connectivity index (χ0v) is 18.4. The Bertz CT molecular complexity index is 1220. The first-order chi connectivity index (χ1) is 15.0. The molecule has 0 fully saturated rings. The molecule has 0 unspecified atom stereocenters. The van der Waals surface area contributed by atoms with Gasteiger partial charge in [-0.1, -0.05) is 29.5 Å². The number of hydrogen-bond donors (Lipinski definition) is 1. The maximum atomic E-state index is 12.3. The van der Waals surface area contributed by atoms with Crippen molar-refractivity contribution in [1.82, 2.24) is 19.5 Å². The van der Waals surface area contributed by atoms with Gasteiger partial charge in [0, 0.05) is 24.6 Å². The van der Waals surface area contributed by atoms with Crippen LogP contribution in [-0.2, 0) is 17.6 Å². The summed E-state index contributed by atoms with van der Waals surface area (Å²) in [4.78, 5) is 25.7. The average Bonchev–Trinajstić information content (AvgIpc) is 3.07. The van der Waals surface area contributed by atoms with Gasteiger partial charge in [-0.15, -0.1) is 0 Å². The number of ether oxygens (including phenoxy) is 1. The molecule has 31 heavy (non-hydrogen) atoms. The lowest BCUT2D eigenvalue weighted by Gasteiger charge is -2.08. The van der Waals surface area contributed by atoms with Gasteiger partial charge >= 0.3 is 0 Å². The lowest BCUT2D eigenvalue weighted by molar-refractivity contribution is -0.118. The summed E-state index contributed by atoms with van der Waals surface area (Å²) in [6, 6.07) is 15.2. The molecule has 0 aliphatic carbocycles. The molecule has 0 radical (unpaired) electrons. The van der Waals surface area contributed by atoms with Crippen molar-refractivity contribution < 1.29 is 9.53 Å². The molecule has 0 atom stereocenters. The lowest BCUT2D eigenvalue weighted by Crippen LogP contribution is -2.20. The molecule has 0 aliphatic rings. The van der Waals surface area contributed by atoms with Crippen LogP contribution in [0.1, 0.15) is 17.1 Å². The monoisotopic (exact) mass is 433 g/mol. The number of aryl methyl sites for hydroxylation is 3. The molecule has 0 aliphatic heterocycles. The number of aromatic nitrogens is 4. The van der Waals surface area contributed by atoms with Crippen molar-refractivity contribution in [2.45, 2.75) is 24.8 Å². The molecule has 2 heterocycles. The quantitative estimate of drug-likeness (QED) is 0.346. The number of fused-ring (bicyclic) bond motifs is 1. The Hall–Kier alpha value is -3.39. The van der Waals surface area contributed by atoms with E-state index in [1.165, 1.54) is 0 Å².